The van der Waals surface area contributed by atoms with Crippen LogP contribution in [0.15, 0.2) is 12.1 Å². The Labute approximate surface area is 107 Å². The van der Waals surface area contributed by atoms with Crippen LogP contribution in [-0.4, -0.2) is 39.4 Å². The summed E-state index contributed by atoms with van der Waals surface area (Å²) in [5.74, 6) is -0.723. The zero-order valence-corrected chi connectivity index (χ0v) is 10.2. The van der Waals surface area contributed by atoms with Gasteiger partial charge in [0.25, 0.3) is 5.82 Å². The Morgan fingerprint density at radius 3 is 2.63 bits per heavy atom. The number of aromatic nitrogens is 4. The molecule has 0 aliphatic rings. The monoisotopic (exact) mass is 274 g/mol. The minimum Gasteiger partial charge on any atom is -0.354 e. The molecular formula is C10H13F3N6. The van der Waals surface area contributed by atoms with E-state index in [1.807, 2.05) is 6.92 Å². The van der Waals surface area contributed by atoms with Crippen LogP contribution in [0, 0.1) is 0 Å². The molecular weight excluding hydrogens is 261 g/mol. The Morgan fingerprint density at radius 1 is 1.32 bits per heavy atom. The van der Waals surface area contributed by atoms with E-state index in [9.17, 15) is 13.2 Å². The van der Waals surface area contributed by atoms with Crippen LogP contribution >= 0.6 is 0 Å². The maximum Gasteiger partial charge on any atom is 0.453 e. The summed E-state index contributed by atoms with van der Waals surface area (Å²) in [7, 11) is 0. The molecule has 0 fully saturated rings. The molecule has 0 saturated carbocycles. The van der Waals surface area contributed by atoms with Crippen molar-refractivity contribution >= 4 is 11.5 Å². The molecule has 0 saturated heterocycles. The number of nitrogens with zero attached hydrogens (tertiary/aromatic N) is 5. The minimum absolute atomic E-state index is 0.0554. The van der Waals surface area contributed by atoms with E-state index in [0.29, 0.717) is 30.0 Å². The highest BCUT2D eigenvalue weighted by atomic mass is 19.4. The summed E-state index contributed by atoms with van der Waals surface area (Å²) in [5.41, 5.74) is 5.51. The van der Waals surface area contributed by atoms with Crippen molar-refractivity contribution in [2.24, 2.45) is 5.73 Å². The van der Waals surface area contributed by atoms with Crippen molar-refractivity contribution in [1.82, 2.24) is 19.8 Å². The van der Waals surface area contributed by atoms with Crippen molar-refractivity contribution in [3.05, 3.63) is 18.0 Å². The molecule has 0 radical (unpaired) electrons. The number of rotatable bonds is 4. The van der Waals surface area contributed by atoms with E-state index in [0.717, 1.165) is 0 Å². The molecule has 2 heterocycles. The second kappa shape index (κ2) is 5.00. The van der Waals surface area contributed by atoms with Gasteiger partial charge in [0.15, 0.2) is 5.65 Å². The molecule has 2 aromatic rings. The van der Waals surface area contributed by atoms with Gasteiger partial charge in [-0.05, 0) is 19.1 Å². The first-order valence-corrected chi connectivity index (χ1v) is 5.72. The maximum absolute atomic E-state index is 12.7. The second-order valence-electron chi connectivity index (χ2n) is 3.85. The quantitative estimate of drug-likeness (QED) is 0.898. The highest BCUT2D eigenvalue weighted by Gasteiger charge is 2.37. The number of fused-ring (bicyclic) bond motifs is 1. The molecule has 6 nitrogen and oxygen atoms in total. The molecule has 19 heavy (non-hydrogen) atoms. The average Bonchev–Trinajstić information content (AvgIpc) is 2.78. The van der Waals surface area contributed by atoms with Crippen LogP contribution in [0.2, 0.25) is 0 Å². The first-order valence-electron chi connectivity index (χ1n) is 5.72. The Morgan fingerprint density at radius 2 is 2.05 bits per heavy atom. The van der Waals surface area contributed by atoms with E-state index < -0.39 is 12.0 Å². The van der Waals surface area contributed by atoms with E-state index in [2.05, 4.69) is 15.3 Å². The van der Waals surface area contributed by atoms with Gasteiger partial charge in [-0.25, -0.2) is 0 Å². The van der Waals surface area contributed by atoms with Gasteiger partial charge in [0.05, 0.1) is 0 Å². The third-order valence-corrected chi connectivity index (χ3v) is 2.61. The summed E-state index contributed by atoms with van der Waals surface area (Å²) in [6, 6.07) is 3.05. The highest BCUT2D eigenvalue weighted by molar-refractivity contribution is 5.45. The summed E-state index contributed by atoms with van der Waals surface area (Å²) in [6.07, 6.45) is -4.59. The van der Waals surface area contributed by atoms with Crippen molar-refractivity contribution in [3.8, 4) is 0 Å². The van der Waals surface area contributed by atoms with Crippen molar-refractivity contribution in [2.45, 2.75) is 13.1 Å². The summed E-state index contributed by atoms with van der Waals surface area (Å²) < 4.78 is 38.9. The van der Waals surface area contributed by atoms with E-state index in [4.69, 9.17) is 5.73 Å². The third-order valence-electron chi connectivity index (χ3n) is 2.61. The zero-order valence-electron chi connectivity index (χ0n) is 10.2. The fourth-order valence-electron chi connectivity index (χ4n) is 1.72. The first kappa shape index (κ1) is 13.5. The molecule has 0 aliphatic carbocycles. The first-order chi connectivity index (χ1) is 8.97. The summed E-state index contributed by atoms with van der Waals surface area (Å²) in [5, 5.41) is 10.5. The van der Waals surface area contributed by atoms with Gasteiger partial charge in [-0.2, -0.15) is 17.7 Å². The topological polar surface area (TPSA) is 72.3 Å². The number of halogens is 3. The number of anilines is 1. The third kappa shape index (κ3) is 2.60. The van der Waals surface area contributed by atoms with Gasteiger partial charge in [-0.15, -0.1) is 15.3 Å². The van der Waals surface area contributed by atoms with E-state index in [1.165, 1.54) is 6.07 Å². The zero-order chi connectivity index (χ0) is 14.0. The van der Waals surface area contributed by atoms with Crippen LogP contribution in [0.4, 0.5) is 19.0 Å². The van der Waals surface area contributed by atoms with E-state index in [1.54, 1.807) is 11.0 Å². The summed E-state index contributed by atoms with van der Waals surface area (Å²) in [6.45, 7) is 3.37. The Balaban J connectivity index is 2.49. The highest BCUT2D eigenvalue weighted by Crippen LogP contribution is 2.27. The molecule has 0 amide bonds. The van der Waals surface area contributed by atoms with Gasteiger partial charge in [-0.1, -0.05) is 0 Å². The van der Waals surface area contributed by atoms with Gasteiger partial charge in [-0.3, -0.25) is 0 Å². The normalized spacial score (nSPS) is 12.1. The van der Waals surface area contributed by atoms with Gasteiger partial charge in [0, 0.05) is 19.6 Å². The van der Waals surface area contributed by atoms with Crippen LogP contribution in [0.1, 0.15) is 12.7 Å². The predicted octanol–water partition coefficient (Wildman–Crippen LogP) is 0.928. The Hall–Kier alpha value is -1.90. The van der Waals surface area contributed by atoms with Crippen molar-refractivity contribution < 1.29 is 13.2 Å². The van der Waals surface area contributed by atoms with Gasteiger partial charge in [0.2, 0.25) is 0 Å². The average molecular weight is 274 g/mol. The van der Waals surface area contributed by atoms with Crippen LogP contribution in [0.3, 0.4) is 0 Å². The fourth-order valence-corrected chi connectivity index (χ4v) is 1.72. The fraction of sp³-hybridized carbons (Fsp3) is 0.500. The lowest BCUT2D eigenvalue weighted by molar-refractivity contribution is -0.146. The van der Waals surface area contributed by atoms with Gasteiger partial charge < -0.3 is 10.6 Å². The molecule has 9 heteroatoms. The molecule has 0 aliphatic heterocycles. The van der Waals surface area contributed by atoms with Crippen molar-refractivity contribution in [2.75, 3.05) is 24.5 Å². The molecule has 0 unspecified atom stereocenters. The lowest BCUT2D eigenvalue weighted by Crippen LogP contribution is -2.30. The molecule has 2 aromatic heterocycles. The second-order valence-corrected chi connectivity index (χ2v) is 3.85. The number of hydrogen-bond acceptors (Lipinski definition) is 5. The van der Waals surface area contributed by atoms with Gasteiger partial charge in [0.1, 0.15) is 5.82 Å². The number of likely N-dealkylation sites (N-methyl/N-ethyl adjacent to an activating group) is 1. The lowest BCUT2D eigenvalue weighted by Gasteiger charge is -2.20. The van der Waals surface area contributed by atoms with Crippen molar-refractivity contribution in [1.29, 1.82) is 0 Å². The van der Waals surface area contributed by atoms with Crippen LogP contribution in [0.5, 0.6) is 0 Å². The predicted molar refractivity (Wildman–Crippen MR) is 62.7 cm³/mol. The molecule has 0 bridgehead atoms. The SMILES string of the molecule is CCN(CCN)c1ccc2nnc(C(F)(F)F)n2n1. The van der Waals surface area contributed by atoms with Crippen LogP contribution in [-0.2, 0) is 6.18 Å². The molecule has 0 atom stereocenters. The standard InChI is InChI=1S/C10H13F3N6/c1-2-18(6-5-14)8-4-3-7-15-16-9(10(11,12)13)19(7)17-8/h3-4H,2,5-6,14H2,1H3. The number of nitrogens with two attached hydrogens (primary N) is 1. The van der Waals surface area contributed by atoms with Crippen molar-refractivity contribution in [3.63, 3.8) is 0 Å². The lowest BCUT2D eigenvalue weighted by atomic mass is 10.4. The molecule has 2 N–H and O–H groups in total. The van der Waals surface area contributed by atoms with E-state index >= 15 is 0 Å². The smallest absolute Gasteiger partial charge is 0.354 e. The van der Waals surface area contributed by atoms with E-state index in [-0.39, 0.29) is 5.65 Å². The van der Waals surface area contributed by atoms with Gasteiger partial charge >= 0.3 is 6.18 Å². The molecule has 104 valence electrons. The largest absolute Gasteiger partial charge is 0.453 e. The Bertz CT molecular complexity index is 564. The van der Waals surface area contributed by atoms with Crippen LogP contribution < -0.4 is 10.6 Å². The summed E-state index contributed by atoms with van der Waals surface area (Å²) >= 11 is 0. The number of alkyl halides is 3. The minimum atomic E-state index is -4.59. The maximum atomic E-state index is 12.7. The van der Waals surface area contributed by atoms with Crippen LogP contribution in [0.25, 0.3) is 5.65 Å². The molecule has 2 rings (SSSR count). The summed E-state index contributed by atoms with van der Waals surface area (Å²) in [4.78, 5) is 1.78. The Kier molecular flexibility index (Phi) is 3.56. The molecule has 0 spiro atoms. The molecule has 0 aromatic carbocycles. The number of hydrogen-bond donors (Lipinski definition) is 1.